The minimum absolute atomic E-state index is 0.101. The van der Waals surface area contributed by atoms with E-state index in [0.717, 1.165) is 36.6 Å². The van der Waals surface area contributed by atoms with Crippen LogP contribution in [0.5, 0.6) is 0 Å². The Labute approximate surface area is 126 Å². The first-order valence-corrected chi connectivity index (χ1v) is 7.32. The Morgan fingerprint density at radius 2 is 1.90 bits per heavy atom. The molecule has 21 heavy (non-hydrogen) atoms. The van der Waals surface area contributed by atoms with Crippen LogP contribution in [0.3, 0.4) is 0 Å². The van der Waals surface area contributed by atoms with Gasteiger partial charge in [0.05, 0.1) is 17.7 Å². The van der Waals surface area contributed by atoms with Gasteiger partial charge < -0.3 is 0 Å². The fraction of sp³-hybridized carbons (Fsp3) is 0.333. The van der Waals surface area contributed by atoms with E-state index in [-0.39, 0.29) is 5.92 Å². The number of aromatic nitrogens is 1. The van der Waals surface area contributed by atoms with E-state index in [9.17, 15) is 5.26 Å². The van der Waals surface area contributed by atoms with Crippen LogP contribution in [0.4, 0.5) is 0 Å². The van der Waals surface area contributed by atoms with E-state index in [0.29, 0.717) is 0 Å². The Balaban J connectivity index is 2.06. The van der Waals surface area contributed by atoms with Crippen molar-refractivity contribution in [3.8, 4) is 6.07 Å². The average Bonchev–Trinajstić information content (AvgIpc) is 2.52. The highest BCUT2D eigenvalue weighted by Gasteiger charge is 2.15. The topological polar surface area (TPSA) is 39.9 Å². The van der Waals surface area contributed by atoms with E-state index in [1.54, 1.807) is 0 Å². The smallest absolute Gasteiger partial charge is 0.0839 e. The van der Waals surface area contributed by atoms with E-state index in [1.807, 2.05) is 55.5 Å². The van der Waals surface area contributed by atoms with Crippen LogP contribution in [0.1, 0.15) is 29.8 Å². The zero-order valence-corrected chi connectivity index (χ0v) is 12.7. The number of nitriles is 1. The summed E-state index contributed by atoms with van der Waals surface area (Å²) in [4.78, 5) is 6.81. The molecule has 0 aliphatic carbocycles. The lowest BCUT2D eigenvalue weighted by Crippen LogP contribution is -2.28. The molecule has 0 bridgehead atoms. The monoisotopic (exact) mass is 279 g/mol. The molecular formula is C18H21N3. The third kappa shape index (κ3) is 4.40. The summed E-state index contributed by atoms with van der Waals surface area (Å²) in [5.74, 6) is -0.101. The Morgan fingerprint density at radius 1 is 1.14 bits per heavy atom. The highest BCUT2D eigenvalue weighted by Crippen LogP contribution is 2.17. The number of aryl methyl sites for hydroxylation is 1. The van der Waals surface area contributed by atoms with Gasteiger partial charge in [-0.25, -0.2) is 0 Å². The maximum atomic E-state index is 9.44. The van der Waals surface area contributed by atoms with Crippen LogP contribution >= 0.6 is 0 Å². The second-order valence-corrected chi connectivity index (χ2v) is 5.19. The highest BCUT2D eigenvalue weighted by molar-refractivity contribution is 5.25. The number of hydrogen-bond acceptors (Lipinski definition) is 3. The minimum Gasteiger partial charge on any atom is -0.296 e. The van der Waals surface area contributed by atoms with Crippen molar-refractivity contribution in [1.82, 2.24) is 9.88 Å². The number of likely N-dealkylation sites (N-methyl/N-ethyl adjacent to an activating group) is 1. The van der Waals surface area contributed by atoms with Gasteiger partial charge in [-0.15, -0.1) is 0 Å². The van der Waals surface area contributed by atoms with Gasteiger partial charge in [0.2, 0.25) is 0 Å². The van der Waals surface area contributed by atoms with Crippen LogP contribution in [0.2, 0.25) is 0 Å². The second-order valence-electron chi connectivity index (χ2n) is 5.19. The molecule has 1 heterocycles. The first-order chi connectivity index (χ1) is 10.2. The fourth-order valence-electron chi connectivity index (χ4n) is 2.39. The predicted molar refractivity (Wildman–Crippen MR) is 84.7 cm³/mol. The van der Waals surface area contributed by atoms with Crippen LogP contribution in [-0.2, 0) is 6.54 Å². The van der Waals surface area contributed by atoms with E-state index < -0.39 is 0 Å². The van der Waals surface area contributed by atoms with Gasteiger partial charge in [-0.05, 0) is 31.2 Å². The fourth-order valence-corrected chi connectivity index (χ4v) is 2.39. The lowest BCUT2D eigenvalue weighted by molar-refractivity contribution is 0.271. The molecule has 0 aliphatic heterocycles. The van der Waals surface area contributed by atoms with Crippen molar-refractivity contribution in [2.75, 3.05) is 13.1 Å². The van der Waals surface area contributed by atoms with Gasteiger partial charge in [0.1, 0.15) is 0 Å². The molecule has 0 radical (unpaired) electrons. The zero-order valence-electron chi connectivity index (χ0n) is 12.7. The molecule has 108 valence electrons. The highest BCUT2D eigenvalue weighted by atomic mass is 15.1. The van der Waals surface area contributed by atoms with Gasteiger partial charge in [0, 0.05) is 18.8 Å². The molecule has 0 N–H and O–H groups in total. The Bertz CT molecular complexity index is 601. The summed E-state index contributed by atoms with van der Waals surface area (Å²) in [5.41, 5.74) is 3.17. The largest absolute Gasteiger partial charge is 0.296 e. The Morgan fingerprint density at radius 3 is 2.52 bits per heavy atom. The molecule has 2 aromatic rings. The average molecular weight is 279 g/mol. The molecule has 0 amide bonds. The van der Waals surface area contributed by atoms with E-state index in [1.165, 1.54) is 0 Å². The summed E-state index contributed by atoms with van der Waals surface area (Å²) < 4.78 is 0. The first kappa shape index (κ1) is 15.2. The van der Waals surface area contributed by atoms with Crippen LogP contribution in [0, 0.1) is 18.3 Å². The maximum Gasteiger partial charge on any atom is 0.0839 e. The van der Waals surface area contributed by atoms with Gasteiger partial charge in [-0.2, -0.15) is 5.26 Å². The number of rotatable bonds is 6. The maximum absolute atomic E-state index is 9.44. The quantitative estimate of drug-likeness (QED) is 0.812. The Kier molecular flexibility index (Phi) is 5.48. The summed E-state index contributed by atoms with van der Waals surface area (Å²) in [7, 11) is 0. The van der Waals surface area contributed by atoms with Crippen molar-refractivity contribution in [2.24, 2.45) is 0 Å². The molecule has 0 fully saturated rings. The molecule has 3 heteroatoms. The van der Waals surface area contributed by atoms with Crippen molar-refractivity contribution in [3.63, 3.8) is 0 Å². The molecule has 1 unspecified atom stereocenters. The van der Waals surface area contributed by atoms with Gasteiger partial charge in [-0.3, -0.25) is 9.88 Å². The predicted octanol–water partition coefficient (Wildman–Crippen LogP) is 3.52. The van der Waals surface area contributed by atoms with Gasteiger partial charge in [0.15, 0.2) is 0 Å². The summed E-state index contributed by atoms with van der Waals surface area (Å²) >= 11 is 0. The molecular weight excluding hydrogens is 258 g/mol. The number of pyridine rings is 1. The van der Waals surface area contributed by atoms with Crippen LogP contribution in [0.15, 0.2) is 48.5 Å². The molecule has 0 spiro atoms. The molecule has 1 aromatic heterocycles. The van der Waals surface area contributed by atoms with Crippen LogP contribution < -0.4 is 0 Å². The van der Waals surface area contributed by atoms with Crippen LogP contribution in [0.25, 0.3) is 0 Å². The Hall–Kier alpha value is -2.18. The molecule has 1 atom stereocenters. The van der Waals surface area contributed by atoms with Gasteiger partial charge >= 0.3 is 0 Å². The summed E-state index contributed by atoms with van der Waals surface area (Å²) in [6, 6.07) is 18.5. The second kappa shape index (κ2) is 7.56. The molecule has 2 rings (SSSR count). The minimum atomic E-state index is -0.101. The van der Waals surface area contributed by atoms with E-state index >= 15 is 0 Å². The van der Waals surface area contributed by atoms with E-state index in [4.69, 9.17) is 0 Å². The van der Waals surface area contributed by atoms with Gasteiger partial charge in [0.25, 0.3) is 0 Å². The van der Waals surface area contributed by atoms with Crippen molar-refractivity contribution in [2.45, 2.75) is 26.3 Å². The standard InChI is InChI=1S/C18H21N3/c1-3-21(14-18-11-7-8-15(2)20-18)13-17(12-19)16-9-5-4-6-10-16/h4-11,17H,3,13-14H2,1-2H3. The summed E-state index contributed by atoms with van der Waals surface area (Å²) in [5, 5.41) is 9.44. The van der Waals surface area contributed by atoms with Gasteiger partial charge in [-0.1, -0.05) is 43.3 Å². The van der Waals surface area contributed by atoms with Crippen molar-refractivity contribution in [3.05, 3.63) is 65.5 Å². The summed E-state index contributed by atoms with van der Waals surface area (Å²) in [6.45, 7) is 6.54. The normalized spacial score (nSPS) is 12.1. The molecule has 0 aliphatic rings. The van der Waals surface area contributed by atoms with E-state index in [2.05, 4.69) is 22.9 Å². The number of hydrogen-bond donors (Lipinski definition) is 0. The number of nitrogens with zero attached hydrogens (tertiary/aromatic N) is 3. The van der Waals surface area contributed by atoms with Crippen LogP contribution in [-0.4, -0.2) is 23.0 Å². The van der Waals surface area contributed by atoms with Crippen molar-refractivity contribution < 1.29 is 0 Å². The molecule has 0 saturated carbocycles. The zero-order chi connectivity index (χ0) is 15.1. The lowest BCUT2D eigenvalue weighted by atomic mass is 10.00. The third-order valence-electron chi connectivity index (χ3n) is 3.58. The summed E-state index contributed by atoms with van der Waals surface area (Å²) in [6.07, 6.45) is 0. The SMILES string of the molecule is CCN(Cc1cccc(C)n1)CC(C#N)c1ccccc1. The third-order valence-corrected chi connectivity index (χ3v) is 3.58. The van der Waals surface area contributed by atoms with Crippen molar-refractivity contribution >= 4 is 0 Å². The lowest BCUT2D eigenvalue weighted by Gasteiger charge is -2.23. The molecule has 3 nitrogen and oxygen atoms in total. The van der Waals surface area contributed by atoms with Crippen molar-refractivity contribution in [1.29, 1.82) is 5.26 Å². The first-order valence-electron chi connectivity index (χ1n) is 7.32. The molecule has 0 saturated heterocycles. The number of benzene rings is 1. The molecule has 1 aromatic carbocycles.